The zero-order valence-corrected chi connectivity index (χ0v) is 6.83. The molecule has 0 aliphatic rings. The number of hydrogen-bond donors (Lipinski definition) is 1. The minimum atomic E-state index is -0.774. The van der Waals surface area contributed by atoms with E-state index in [1.165, 1.54) is 0 Å². The lowest BCUT2D eigenvalue weighted by Gasteiger charge is -2.03. The third-order valence-corrected chi connectivity index (χ3v) is 2.07. The van der Waals surface area contributed by atoms with E-state index in [0.717, 1.165) is 0 Å². The summed E-state index contributed by atoms with van der Waals surface area (Å²) in [4.78, 5) is 0. The molecular weight excluding hydrogens is 152 g/mol. The number of rotatable bonds is 4. The molecule has 0 heterocycles. The van der Waals surface area contributed by atoms with E-state index in [1.54, 1.807) is 17.6 Å². The normalized spacial score (nSPS) is 14.0. The topological polar surface area (TPSA) is 23.1 Å². The first-order valence-corrected chi connectivity index (χ1v) is 4.56. The Bertz CT molecular complexity index is 101. The average molecular weight is 162 g/mol. The molecule has 0 unspecified atom stereocenters. The van der Waals surface area contributed by atoms with E-state index >= 15 is 0 Å². The molecule has 1 nitrogen and oxygen atoms in total. The van der Waals surface area contributed by atoms with Crippen LogP contribution in [-0.4, -0.2) is 16.1 Å². The Labute approximate surface area is 64.4 Å². The smallest absolute Gasteiger partial charge is 0.124 e. The summed E-state index contributed by atoms with van der Waals surface area (Å²) in [5, 5.41) is 1.60. The first-order chi connectivity index (χ1) is 4.31. The Hall–Kier alpha value is 0.140. The molecule has 0 aliphatic heterocycles. The zero-order chi connectivity index (χ0) is 7.11. The lowest BCUT2D eigenvalue weighted by atomic mass is 10.7. The van der Waals surface area contributed by atoms with Crippen molar-refractivity contribution in [2.45, 2.75) is 0 Å². The zero-order valence-electron chi connectivity index (χ0n) is 5.12. The van der Waals surface area contributed by atoms with Gasteiger partial charge in [0.2, 0.25) is 0 Å². The van der Waals surface area contributed by atoms with Gasteiger partial charge in [-0.3, -0.25) is 0 Å². The molecule has 0 saturated carbocycles. The molecule has 0 N–H and O–H groups in total. The summed E-state index contributed by atoms with van der Waals surface area (Å²) in [5.74, 6) is 1.15. The highest BCUT2D eigenvalue weighted by Gasteiger charge is 1.96. The maximum Gasteiger partial charge on any atom is 0.124 e. The third-order valence-electron chi connectivity index (χ3n) is 0.691. The van der Waals surface area contributed by atoms with Crippen molar-refractivity contribution < 1.29 is 4.55 Å². The molecule has 0 rings (SSSR count). The van der Waals surface area contributed by atoms with Crippen LogP contribution in [-0.2, 0) is 11.2 Å². The summed E-state index contributed by atoms with van der Waals surface area (Å²) in [6, 6.07) is 0. The van der Waals surface area contributed by atoms with E-state index < -0.39 is 11.2 Å². The fraction of sp³-hybridized carbons (Fsp3) is 0.333. The van der Waals surface area contributed by atoms with Crippen LogP contribution in [0.3, 0.4) is 0 Å². The summed E-state index contributed by atoms with van der Waals surface area (Å²) < 4.78 is 10.8. The molecule has 3 heteroatoms. The van der Waals surface area contributed by atoms with Crippen LogP contribution in [0.25, 0.3) is 0 Å². The van der Waals surface area contributed by atoms with E-state index in [4.69, 9.17) is 0 Å². The van der Waals surface area contributed by atoms with Gasteiger partial charge < -0.3 is 4.55 Å². The van der Waals surface area contributed by atoms with Gasteiger partial charge in [0.15, 0.2) is 0 Å². The summed E-state index contributed by atoms with van der Waals surface area (Å²) >= 11 is 3.05. The lowest BCUT2D eigenvalue weighted by Crippen LogP contribution is -2.06. The van der Waals surface area contributed by atoms with Crippen LogP contribution in [0.5, 0.6) is 0 Å². The van der Waals surface area contributed by atoms with Crippen molar-refractivity contribution in [2.75, 3.05) is 11.5 Å². The third kappa shape index (κ3) is 6.02. The largest absolute Gasteiger partial charge is 0.616 e. The summed E-state index contributed by atoms with van der Waals surface area (Å²) in [7, 11) is 0. The van der Waals surface area contributed by atoms with Crippen LogP contribution >= 0.6 is 12.6 Å². The minimum absolute atomic E-state index is 0.568. The van der Waals surface area contributed by atoms with Crippen LogP contribution in [0.4, 0.5) is 0 Å². The summed E-state index contributed by atoms with van der Waals surface area (Å²) in [5.41, 5.74) is 0. The Morgan fingerprint density at radius 2 is 2.22 bits per heavy atom. The fourth-order valence-corrected chi connectivity index (χ4v) is 1.31. The van der Waals surface area contributed by atoms with Gasteiger partial charge in [-0.25, -0.2) is 0 Å². The highest BCUT2D eigenvalue weighted by atomic mass is 32.2. The Morgan fingerprint density at radius 1 is 1.56 bits per heavy atom. The molecule has 0 bridgehead atoms. The molecule has 0 aliphatic carbocycles. The molecule has 52 valence electrons. The monoisotopic (exact) mass is 162 g/mol. The Kier molecular flexibility index (Phi) is 6.36. The van der Waals surface area contributed by atoms with Gasteiger partial charge in [-0.2, -0.15) is 12.6 Å². The van der Waals surface area contributed by atoms with Crippen molar-refractivity contribution in [1.82, 2.24) is 0 Å². The van der Waals surface area contributed by atoms with E-state index in [2.05, 4.69) is 19.2 Å². The molecule has 0 aromatic carbocycles. The summed E-state index contributed by atoms with van der Waals surface area (Å²) in [6.07, 6.45) is 3.42. The van der Waals surface area contributed by atoms with Crippen LogP contribution in [0, 0.1) is 0 Å². The predicted octanol–water partition coefficient (Wildman–Crippen LogP) is 1.36. The molecule has 0 amide bonds. The van der Waals surface area contributed by atoms with Gasteiger partial charge in [-0.1, -0.05) is 6.58 Å². The Balaban J connectivity index is 3.25. The van der Waals surface area contributed by atoms with E-state index in [1.807, 2.05) is 0 Å². The quantitative estimate of drug-likeness (QED) is 0.376. The van der Waals surface area contributed by atoms with Crippen molar-refractivity contribution in [3.8, 4) is 0 Å². The highest BCUT2D eigenvalue weighted by molar-refractivity contribution is 7.91. The van der Waals surface area contributed by atoms with Crippen molar-refractivity contribution in [3.63, 3.8) is 0 Å². The highest BCUT2D eigenvalue weighted by Crippen LogP contribution is 1.91. The SMILES string of the molecule is C=CC[S@+]([O-])CC=CS. The second-order valence-corrected chi connectivity index (χ2v) is 3.29. The van der Waals surface area contributed by atoms with Crippen molar-refractivity contribution >= 4 is 23.8 Å². The number of thiol groups is 1. The molecule has 0 spiro atoms. The van der Waals surface area contributed by atoms with E-state index in [0.29, 0.717) is 11.5 Å². The first-order valence-electron chi connectivity index (χ1n) is 2.56. The molecule has 0 aromatic heterocycles. The van der Waals surface area contributed by atoms with Crippen LogP contribution in [0.15, 0.2) is 24.1 Å². The van der Waals surface area contributed by atoms with Crippen LogP contribution < -0.4 is 0 Å². The predicted molar refractivity (Wildman–Crippen MR) is 46.2 cm³/mol. The van der Waals surface area contributed by atoms with Crippen molar-refractivity contribution in [2.24, 2.45) is 0 Å². The second kappa shape index (κ2) is 6.26. The van der Waals surface area contributed by atoms with Crippen molar-refractivity contribution in [3.05, 3.63) is 24.1 Å². The van der Waals surface area contributed by atoms with Gasteiger partial charge in [0.1, 0.15) is 11.5 Å². The number of hydrogen-bond acceptors (Lipinski definition) is 2. The van der Waals surface area contributed by atoms with Crippen LogP contribution in [0.1, 0.15) is 0 Å². The lowest BCUT2D eigenvalue weighted by molar-refractivity contribution is 0.601. The average Bonchev–Trinajstić information content (AvgIpc) is 1.85. The molecule has 0 aromatic rings. The molecule has 0 fully saturated rings. The second-order valence-electron chi connectivity index (χ2n) is 1.45. The van der Waals surface area contributed by atoms with E-state index in [9.17, 15) is 4.55 Å². The van der Waals surface area contributed by atoms with Gasteiger partial charge in [0.05, 0.1) is 0 Å². The van der Waals surface area contributed by atoms with Gasteiger partial charge in [0, 0.05) is 0 Å². The Morgan fingerprint density at radius 3 is 2.67 bits per heavy atom. The summed E-state index contributed by atoms with van der Waals surface area (Å²) in [6.45, 7) is 3.47. The molecular formula is C6H10OS2. The maximum absolute atomic E-state index is 10.8. The van der Waals surface area contributed by atoms with Gasteiger partial charge in [-0.15, -0.1) is 0 Å². The molecule has 0 radical (unpaired) electrons. The minimum Gasteiger partial charge on any atom is -0.616 e. The first kappa shape index (κ1) is 9.14. The van der Waals surface area contributed by atoms with Crippen LogP contribution in [0.2, 0.25) is 0 Å². The molecule has 1 atom stereocenters. The van der Waals surface area contributed by atoms with Gasteiger partial charge in [0.25, 0.3) is 0 Å². The fourth-order valence-electron chi connectivity index (χ4n) is 0.350. The van der Waals surface area contributed by atoms with Gasteiger partial charge in [-0.05, 0) is 28.7 Å². The molecule has 0 saturated heterocycles. The molecule has 9 heavy (non-hydrogen) atoms. The van der Waals surface area contributed by atoms with Gasteiger partial charge >= 0.3 is 0 Å². The standard InChI is InChI=1S/C6H10OS2/c1-2-5-9(7)6-3-4-8/h2-4,8H,1,5-6H2/t9-/m0/s1. The maximum atomic E-state index is 10.8. The van der Waals surface area contributed by atoms with E-state index in [-0.39, 0.29) is 0 Å². The van der Waals surface area contributed by atoms with Crippen molar-refractivity contribution in [1.29, 1.82) is 0 Å².